The van der Waals surface area contributed by atoms with E-state index in [0.717, 1.165) is 0 Å². The number of rotatable bonds is 11. The second kappa shape index (κ2) is 18.5. The Bertz CT molecular complexity index is 1770. The van der Waals surface area contributed by atoms with Crippen LogP contribution in [0.3, 0.4) is 0 Å². The lowest BCUT2D eigenvalue weighted by molar-refractivity contribution is 0.00942. The number of hydrogen-bond donors (Lipinski definition) is 0. The number of likely N-dealkylation sites (tertiary alicyclic amines) is 2. The third kappa shape index (κ3) is 11.8. The zero-order chi connectivity index (χ0) is 40.0. The van der Waals surface area contributed by atoms with Gasteiger partial charge in [-0.2, -0.15) is 0 Å². The van der Waals surface area contributed by atoms with Crippen molar-refractivity contribution in [3.05, 3.63) is 80.3 Å². The van der Waals surface area contributed by atoms with E-state index in [1.54, 1.807) is 58.6 Å². The zero-order valence-electron chi connectivity index (χ0n) is 31.5. The first-order valence-electron chi connectivity index (χ1n) is 17.8. The molecule has 0 bridgehead atoms. The second-order valence-electron chi connectivity index (χ2n) is 15.3. The maximum absolute atomic E-state index is 13.9. The average molecular weight is 827 g/mol. The molecule has 0 aliphatic carbocycles. The molecular formula is C40H48Cl4N2O8. The number of nitrogens with zero attached hydrogens (tertiary/aromatic N) is 2. The largest absolute Gasteiger partial charge is 0.489 e. The van der Waals surface area contributed by atoms with Crippen LogP contribution in [-0.4, -0.2) is 83.6 Å². The number of ether oxygens (including phenoxy) is 4. The van der Waals surface area contributed by atoms with E-state index in [9.17, 15) is 19.2 Å². The van der Waals surface area contributed by atoms with Crippen molar-refractivity contribution in [3.63, 3.8) is 0 Å². The Morgan fingerprint density at radius 1 is 0.722 bits per heavy atom. The summed E-state index contributed by atoms with van der Waals surface area (Å²) in [5, 5.41) is 0.863. The molecule has 2 heterocycles. The predicted octanol–water partition coefficient (Wildman–Crippen LogP) is 10.5. The van der Waals surface area contributed by atoms with Crippen LogP contribution < -0.4 is 9.47 Å². The highest BCUT2D eigenvalue weighted by atomic mass is 35.5. The molecule has 2 aromatic carbocycles. The van der Waals surface area contributed by atoms with Crippen LogP contribution >= 0.6 is 46.4 Å². The molecule has 0 saturated carbocycles. The lowest BCUT2D eigenvalue weighted by Gasteiger charge is -2.38. The number of carbonyl (C=O) groups is 4. The molecule has 2 saturated heterocycles. The van der Waals surface area contributed by atoms with Crippen LogP contribution in [0, 0.1) is 11.8 Å². The van der Waals surface area contributed by atoms with E-state index in [0.29, 0.717) is 32.2 Å². The number of halogens is 4. The fraction of sp³-hybridized carbons (Fsp3) is 0.500. The monoisotopic (exact) mass is 824 g/mol. The van der Waals surface area contributed by atoms with Crippen LogP contribution in [0.25, 0.3) is 0 Å². The van der Waals surface area contributed by atoms with Gasteiger partial charge in [-0.05, 0) is 85.4 Å². The molecule has 2 aromatic rings. The van der Waals surface area contributed by atoms with E-state index in [1.165, 1.54) is 29.2 Å². The SMILES string of the molecule is C=CCOc1cc(Cl)c(Cl)cc1C(=O)[C@@H]1CCC(/C=C\COc2cc(Cl)c(Cl)cc2C(=O)[C@@H]2CCCN(C(=O)OC(C)(C)C)C2)N(C(=O)OC(C)(C)C)C1. The number of amides is 2. The van der Waals surface area contributed by atoms with Gasteiger partial charge in [0.2, 0.25) is 0 Å². The fourth-order valence-electron chi connectivity index (χ4n) is 6.24. The first-order chi connectivity index (χ1) is 25.3. The molecular weight excluding hydrogens is 778 g/mol. The smallest absolute Gasteiger partial charge is 0.410 e. The first kappa shape index (κ1) is 43.3. The number of ketones is 2. The van der Waals surface area contributed by atoms with E-state index >= 15 is 0 Å². The van der Waals surface area contributed by atoms with Gasteiger partial charge in [0.1, 0.15) is 35.9 Å². The molecule has 0 radical (unpaired) electrons. The Labute approximate surface area is 337 Å². The predicted molar refractivity (Wildman–Crippen MR) is 212 cm³/mol. The van der Waals surface area contributed by atoms with Crippen molar-refractivity contribution >= 4 is 70.2 Å². The molecule has 54 heavy (non-hydrogen) atoms. The van der Waals surface area contributed by atoms with Gasteiger partial charge in [0.25, 0.3) is 0 Å². The van der Waals surface area contributed by atoms with Gasteiger partial charge >= 0.3 is 12.2 Å². The highest BCUT2D eigenvalue weighted by Gasteiger charge is 2.37. The molecule has 1 unspecified atom stereocenters. The van der Waals surface area contributed by atoms with Gasteiger partial charge in [0.15, 0.2) is 11.6 Å². The van der Waals surface area contributed by atoms with Crippen molar-refractivity contribution in [1.29, 1.82) is 0 Å². The minimum Gasteiger partial charge on any atom is -0.489 e. The number of benzene rings is 2. The van der Waals surface area contributed by atoms with Crippen molar-refractivity contribution in [2.24, 2.45) is 11.8 Å². The van der Waals surface area contributed by atoms with Gasteiger partial charge in [-0.15, -0.1) is 0 Å². The highest BCUT2D eigenvalue weighted by Crippen LogP contribution is 2.36. The summed E-state index contributed by atoms with van der Waals surface area (Å²) < 4.78 is 23.1. The zero-order valence-corrected chi connectivity index (χ0v) is 34.5. The highest BCUT2D eigenvalue weighted by molar-refractivity contribution is 6.43. The second-order valence-corrected chi connectivity index (χ2v) is 17.0. The number of carbonyl (C=O) groups excluding carboxylic acids is 4. The molecule has 0 aromatic heterocycles. The van der Waals surface area contributed by atoms with Crippen LogP contribution in [0.5, 0.6) is 11.5 Å². The van der Waals surface area contributed by atoms with Crippen molar-refractivity contribution in [2.75, 3.05) is 32.8 Å². The Hall–Kier alpha value is -3.44. The summed E-state index contributed by atoms with van der Waals surface area (Å²) in [5.74, 6) is -1.01. The van der Waals surface area contributed by atoms with Gasteiger partial charge in [0.05, 0.1) is 37.3 Å². The summed E-state index contributed by atoms with van der Waals surface area (Å²) in [7, 11) is 0. The first-order valence-corrected chi connectivity index (χ1v) is 19.4. The molecule has 2 fully saturated rings. The maximum atomic E-state index is 13.9. The van der Waals surface area contributed by atoms with E-state index in [2.05, 4.69) is 6.58 Å². The lowest BCUT2D eigenvalue weighted by Crippen LogP contribution is -2.49. The van der Waals surface area contributed by atoms with Gasteiger partial charge in [-0.1, -0.05) is 65.1 Å². The van der Waals surface area contributed by atoms with Crippen molar-refractivity contribution in [1.82, 2.24) is 9.80 Å². The molecule has 294 valence electrons. The van der Waals surface area contributed by atoms with Crippen molar-refractivity contribution in [2.45, 2.75) is 84.5 Å². The van der Waals surface area contributed by atoms with Crippen LogP contribution in [0.1, 0.15) is 87.9 Å². The molecule has 4 rings (SSSR count). The average Bonchev–Trinajstić information content (AvgIpc) is 3.09. The summed E-state index contributed by atoms with van der Waals surface area (Å²) in [6.07, 6.45) is 6.20. The summed E-state index contributed by atoms with van der Waals surface area (Å²) in [6.45, 7) is 15.3. The Morgan fingerprint density at radius 2 is 1.22 bits per heavy atom. The van der Waals surface area contributed by atoms with Crippen LogP contribution in [-0.2, 0) is 9.47 Å². The van der Waals surface area contributed by atoms with Gasteiger partial charge in [-0.3, -0.25) is 9.59 Å². The Kier molecular flexibility index (Phi) is 14.8. The minimum atomic E-state index is -0.778. The topological polar surface area (TPSA) is 112 Å². The van der Waals surface area contributed by atoms with Gasteiger partial charge in [0, 0.05) is 43.6 Å². The normalized spacial score (nSPS) is 19.3. The van der Waals surface area contributed by atoms with E-state index in [4.69, 9.17) is 65.4 Å². The Morgan fingerprint density at radius 3 is 1.76 bits per heavy atom. The number of hydrogen-bond acceptors (Lipinski definition) is 8. The van der Waals surface area contributed by atoms with E-state index in [-0.39, 0.29) is 80.6 Å². The minimum absolute atomic E-state index is 0.0290. The molecule has 2 aliphatic heterocycles. The van der Waals surface area contributed by atoms with E-state index < -0.39 is 41.3 Å². The molecule has 0 N–H and O–H groups in total. The summed E-state index contributed by atoms with van der Waals surface area (Å²) in [5.41, 5.74) is -0.925. The molecule has 10 nitrogen and oxygen atoms in total. The van der Waals surface area contributed by atoms with Crippen LogP contribution in [0.15, 0.2) is 49.1 Å². The number of piperidine rings is 2. The standard InChI is InChI=1S/C40H48Cl4N2O8/c1-8-16-51-33-20-31(43)29(41)18-27(33)36(48)25-13-14-26(46(23-25)38(50)54-40(5,6)7)12-10-17-52-34-21-32(44)30(42)19-28(34)35(47)24-11-9-15-45(22-24)37(49)53-39(2,3)4/h8,10,12,18-21,24-26H,1,9,11,13-17,22-23H2,2-7H3/b12-10-/t24-,25-,26?/m1/s1. The van der Waals surface area contributed by atoms with Gasteiger partial charge in [-0.25, -0.2) is 9.59 Å². The van der Waals surface area contributed by atoms with Crippen molar-refractivity contribution in [3.8, 4) is 11.5 Å². The lowest BCUT2D eigenvalue weighted by atomic mass is 9.86. The molecule has 3 atom stereocenters. The quantitative estimate of drug-likeness (QED) is 0.163. The summed E-state index contributed by atoms with van der Waals surface area (Å²) >= 11 is 25.2. The van der Waals surface area contributed by atoms with Crippen molar-refractivity contribution < 1.29 is 38.1 Å². The molecule has 0 spiro atoms. The maximum Gasteiger partial charge on any atom is 0.410 e. The Balaban J connectivity index is 1.50. The molecule has 2 amide bonds. The van der Waals surface area contributed by atoms with Gasteiger partial charge < -0.3 is 28.7 Å². The number of Topliss-reactive ketones (excluding diaryl/α,β-unsaturated/α-hetero) is 2. The summed E-state index contributed by atoms with van der Waals surface area (Å²) in [4.78, 5) is 57.1. The third-order valence-corrected chi connectivity index (χ3v) is 10.1. The summed E-state index contributed by atoms with van der Waals surface area (Å²) in [6, 6.07) is 5.55. The fourth-order valence-corrected chi connectivity index (χ4v) is 6.87. The van der Waals surface area contributed by atoms with Crippen LogP contribution in [0.2, 0.25) is 20.1 Å². The molecule has 14 heteroatoms. The molecule has 2 aliphatic rings. The third-order valence-electron chi connectivity index (χ3n) is 8.70. The van der Waals surface area contributed by atoms with E-state index in [1.807, 2.05) is 6.08 Å². The van der Waals surface area contributed by atoms with Crippen LogP contribution in [0.4, 0.5) is 9.59 Å².